The lowest BCUT2D eigenvalue weighted by molar-refractivity contribution is -0.141. The van der Waals surface area contributed by atoms with Gasteiger partial charge in [-0.05, 0) is 23.8 Å². The maximum atomic E-state index is 12.5. The Labute approximate surface area is 169 Å². The number of carbonyl (C=O) groups is 2. The quantitative estimate of drug-likeness (QED) is 0.624. The number of para-hydroxylation sites is 1. The number of nitrogens with zero attached hydrogens (tertiary/aromatic N) is 1. The first-order valence-electron chi connectivity index (χ1n) is 8.74. The van der Waals surface area contributed by atoms with Crippen molar-refractivity contribution in [3.05, 3.63) is 84.2 Å². The van der Waals surface area contributed by atoms with E-state index < -0.39 is 23.7 Å². The molecule has 30 heavy (non-hydrogen) atoms. The zero-order chi connectivity index (χ0) is 21.6. The van der Waals surface area contributed by atoms with E-state index in [0.29, 0.717) is 11.8 Å². The van der Waals surface area contributed by atoms with Gasteiger partial charge >= 0.3 is 6.18 Å². The third-order valence-electron chi connectivity index (χ3n) is 3.96. The first-order valence-corrected chi connectivity index (χ1v) is 8.74. The number of hydrogen-bond donors (Lipinski definition) is 2. The van der Waals surface area contributed by atoms with Crippen LogP contribution in [0.15, 0.2) is 72.9 Å². The summed E-state index contributed by atoms with van der Waals surface area (Å²) in [6, 6.07) is 18.3. The third-order valence-corrected chi connectivity index (χ3v) is 3.96. The maximum absolute atomic E-state index is 12.5. The van der Waals surface area contributed by atoms with Crippen molar-refractivity contribution in [3.8, 4) is 16.9 Å². The zero-order valence-electron chi connectivity index (χ0n) is 15.4. The molecular formula is C21H16F3N3O3. The van der Waals surface area contributed by atoms with Crippen LogP contribution in [-0.2, 0) is 11.0 Å². The molecule has 3 rings (SSSR count). The van der Waals surface area contributed by atoms with Gasteiger partial charge in [-0.25, -0.2) is 0 Å². The Hall–Kier alpha value is -3.88. The summed E-state index contributed by atoms with van der Waals surface area (Å²) in [5, 5.41) is 0. The van der Waals surface area contributed by atoms with E-state index in [0.717, 1.165) is 23.4 Å². The van der Waals surface area contributed by atoms with Crippen molar-refractivity contribution >= 4 is 11.8 Å². The van der Waals surface area contributed by atoms with E-state index in [-0.39, 0.29) is 12.2 Å². The SMILES string of the molecule is O=C(COc1ccccc1-c1ccccc1)NNC(=O)c1ccc(C(F)(F)F)nc1. The number of nitrogens with one attached hydrogen (secondary N) is 2. The predicted octanol–water partition coefficient (Wildman–Crippen LogP) is 3.61. The highest BCUT2D eigenvalue weighted by molar-refractivity contribution is 5.95. The van der Waals surface area contributed by atoms with Crippen LogP contribution in [0.2, 0.25) is 0 Å². The summed E-state index contributed by atoms with van der Waals surface area (Å²) < 4.78 is 43.1. The van der Waals surface area contributed by atoms with E-state index in [1.54, 1.807) is 12.1 Å². The van der Waals surface area contributed by atoms with Crippen LogP contribution in [-0.4, -0.2) is 23.4 Å². The predicted molar refractivity (Wildman–Crippen MR) is 102 cm³/mol. The van der Waals surface area contributed by atoms with Crippen molar-refractivity contribution in [1.82, 2.24) is 15.8 Å². The molecule has 2 N–H and O–H groups in total. The molecule has 0 unspecified atom stereocenters. The van der Waals surface area contributed by atoms with E-state index in [9.17, 15) is 22.8 Å². The van der Waals surface area contributed by atoms with Gasteiger partial charge in [-0.15, -0.1) is 0 Å². The maximum Gasteiger partial charge on any atom is 0.433 e. The van der Waals surface area contributed by atoms with Crippen LogP contribution in [0.3, 0.4) is 0 Å². The molecule has 0 spiro atoms. The smallest absolute Gasteiger partial charge is 0.433 e. The number of alkyl halides is 3. The van der Waals surface area contributed by atoms with Gasteiger partial charge in [-0.3, -0.25) is 25.4 Å². The van der Waals surface area contributed by atoms with Crippen molar-refractivity contribution in [2.45, 2.75) is 6.18 Å². The molecule has 1 heterocycles. The van der Waals surface area contributed by atoms with E-state index >= 15 is 0 Å². The fourth-order valence-electron chi connectivity index (χ4n) is 2.52. The standard InChI is InChI=1S/C21H16F3N3O3/c22-21(23,24)18-11-10-15(12-25-18)20(29)27-26-19(28)13-30-17-9-5-4-8-16(17)14-6-2-1-3-7-14/h1-12H,13H2,(H,26,28)(H,27,29). The minimum atomic E-state index is -4.60. The minimum absolute atomic E-state index is 0.140. The Balaban J connectivity index is 1.54. The highest BCUT2D eigenvalue weighted by Crippen LogP contribution is 2.29. The Morgan fingerprint density at radius 3 is 2.27 bits per heavy atom. The van der Waals surface area contributed by atoms with Crippen LogP contribution < -0.4 is 15.6 Å². The molecule has 0 aliphatic carbocycles. The lowest BCUT2D eigenvalue weighted by atomic mass is 10.1. The molecule has 0 aliphatic heterocycles. The van der Waals surface area contributed by atoms with Crippen LogP contribution in [0.1, 0.15) is 16.1 Å². The Morgan fingerprint density at radius 1 is 0.900 bits per heavy atom. The number of ether oxygens (including phenoxy) is 1. The van der Waals surface area contributed by atoms with Gasteiger partial charge in [0.25, 0.3) is 11.8 Å². The summed E-state index contributed by atoms with van der Waals surface area (Å²) in [6.45, 7) is -0.380. The molecule has 0 atom stereocenters. The normalized spacial score (nSPS) is 10.9. The number of rotatable bonds is 5. The number of pyridine rings is 1. The second-order valence-corrected chi connectivity index (χ2v) is 6.08. The van der Waals surface area contributed by atoms with Gasteiger partial charge in [-0.1, -0.05) is 48.5 Å². The van der Waals surface area contributed by atoms with Crippen LogP contribution in [0.5, 0.6) is 5.75 Å². The molecule has 9 heteroatoms. The average molecular weight is 415 g/mol. The summed E-state index contributed by atoms with van der Waals surface area (Å²) in [4.78, 5) is 27.1. The third kappa shape index (κ3) is 5.34. The number of amides is 2. The molecule has 2 amide bonds. The Morgan fingerprint density at radius 2 is 1.60 bits per heavy atom. The first-order chi connectivity index (χ1) is 14.3. The monoisotopic (exact) mass is 415 g/mol. The second-order valence-electron chi connectivity index (χ2n) is 6.08. The molecule has 0 bridgehead atoms. The molecule has 0 saturated heterocycles. The number of hydrogen-bond acceptors (Lipinski definition) is 4. The minimum Gasteiger partial charge on any atom is -0.483 e. The number of halogens is 3. The van der Waals surface area contributed by atoms with Crippen molar-refractivity contribution in [1.29, 1.82) is 0 Å². The molecule has 0 saturated carbocycles. The second kappa shape index (κ2) is 9.08. The topological polar surface area (TPSA) is 80.3 Å². The highest BCUT2D eigenvalue weighted by Gasteiger charge is 2.32. The summed E-state index contributed by atoms with van der Waals surface area (Å²) in [6.07, 6.45) is -3.83. The van der Waals surface area contributed by atoms with Crippen molar-refractivity contribution < 1.29 is 27.5 Å². The van der Waals surface area contributed by atoms with Gasteiger partial charge in [0.2, 0.25) is 0 Å². The lowest BCUT2D eigenvalue weighted by Crippen LogP contribution is -2.43. The number of benzene rings is 2. The first kappa shape index (κ1) is 20.8. The molecule has 0 aliphatic rings. The zero-order valence-corrected chi connectivity index (χ0v) is 15.4. The number of carbonyl (C=O) groups excluding carboxylic acids is 2. The molecule has 2 aromatic carbocycles. The van der Waals surface area contributed by atoms with Crippen molar-refractivity contribution in [2.75, 3.05) is 6.61 Å². The van der Waals surface area contributed by atoms with E-state index in [2.05, 4.69) is 15.8 Å². The summed E-state index contributed by atoms with van der Waals surface area (Å²) in [5.41, 5.74) is 4.69. The Kier molecular flexibility index (Phi) is 6.31. The fourth-order valence-corrected chi connectivity index (χ4v) is 2.52. The summed E-state index contributed by atoms with van der Waals surface area (Å²) in [7, 11) is 0. The molecule has 0 fully saturated rings. The van der Waals surface area contributed by atoms with Gasteiger partial charge in [0.1, 0.15) is 11.4 Å². The largest absolute Gasteiger partial charge is 0.483 e. The van der Waals surface area contributed by atoms with Crippen LogP contribution in [0, 0.1) is 0 Å². The summed E-state index contributed by atoms with van der Waals surface area (Å²) in [5.74, 6) is -0.975. The molecular weight excluding hydrogens is 399 g/mol. The Bertz CT molecular complexity index is 1020. The summed E-state index contributed by atoms with van der Waals surface area (Å²) >= 11 is 0. The molecule has 0 radical (unpaired) electrons. The van der Waals surface area contributed by atoms with E-state index in [1.807, 2.05) is 42.5 Å². The molecule has 154 valence electrons. The fraction of sp³-hybridized carbons (Fsp3) is 0.0952. The van der Waals surface area contributed by atoms with Gasteiger partial charge < -0.3 is 4.74 Å². The van der Waals surface area contributed by atoms with Gasteiger partial charge in [0.05, 0.1) is 5.56 Å². The average Bonchev–Trinajstić information content (AvgIpc) is 2.76. The van der Waals surface area contributed by atoms with Crippen LogP contribution >= 0.6 is 0 Å². The molecule has 1 aromatic heterocycles. The van der Waals surface area contributed by atoms with Crippen molar-refractivity contribution in [2.24, 2.45) is 0 Å². The van der Waals surface area contributed by atoms with Crippen molar-refractivity contribution in [3.63, 3.8) is 0 Å². The van der Waals surface area contributed by atoms with Gasteiger partial charge in [-0.2, -0.15) is 13.2 Å². The number of aromatic nitrogens is 1. The van der Waals surface area contributed by atoms with E-state index in [1.165, 1.54) is 0 Å². The van der Waals surface area contributed by atoms with Gasteiger partial charge in [0, 0.05) is 11.8 Å². The van der Waals surface area contributed by atoms with E-state index in [4.69, 9.17) is 4.74 Å². The molecule has 6 nitrogen and oxygen atoms in total. The van der Waals surface area contributed by atoms with Gasteiger partial charge in [0.15, 0.2) is 6.61 Å². The lowest BCUT2D eigenvalue weighted by Gasteiger charge is -2.12. The van der Waals surface area contributed by atoms with Crippen LogP contribution in [0.25, 0.3) is 11.1 Å². The molecule has 3 aromatic rings. The van der Waals surface area contributed by atoms with Crippen LogP contribution in [0.4, 0.5) is 13.2 Å². The number of hydrazine groups is 1. The highest BCUT2D eigenvalue weighted by atomic mass is 19.4.